The number of nitrogens with two attached hydrogens (primary N) is 1. The van der Waals surface area contributed by atoms with Gasteiger partial charge in [0.1, 0.15) is 0 Å². The fourth-order valence-corrected chi connectivity index (χ4v) is 2.60. The molecule has 0 saturated carbocycles. The summed E-state index contributed by atoms with van der Waals surface area (Å²) in [6, 6.07) is 0.854. The van der Waals surface area contributed by atoms with Crippen molar-refractivity contribution >= 4 is 5.91 Å². The quantitative estimate of drug-likeness (QED) is 0.753. The van der Waals surface area contributed by atoms with Crippen LogP contribution in [0.1, 0.15) is 46.5 Å². The van der Waals surface area contributed by atoms with Crippen LogP contribution in [0.5, 0.6) is 0 Å². The summed E-state index contributed by atoms with van der Waals surface area (Å²) in [7, 11) is 0. The molecule has 0 bridgehead atoms. The van der Waals surface area contributed by atoms with Gasteiger partial charge in [-0.3, -0.25) is 9.69 Å². The predicted molar refractivity (Wildman–Crippen MR) is 75.3 cm³/mol. The first-order chi connectivity index (χ1) is 8.54. The van der Waals surface area contributed by atoms with Crippen molar-refractivity contribution in [2.24, 2.45) is 11.7 Å². The molecule has 3 N–H and O–H groups in total. The van der Waals surface area contributed by atoms with Crippen LogP contribution < -0.4 is 11.1 Å². The van der Waals surface area contributed by atoms with Crippen molar-refractivity contribution in [2.45, 2.75) is 58.5 Å². The van der Waals surface area contributed by atoms with Crippen LogP contribution in [0.25, 0.3) is 0 Å². The summed E-state index contributed by atoms with van der Waals surface area (Å²) in [5, 5.41) is 3.01. The van der Waals surface area contributed by atoms with E-state index in [1.54, 1.807) is 0 Å². The number of carbonyl (C=O) groups excluding carboxylic acids is 1. The molecule has 1 aliphatic heterocycles. The van der Waals surface area contributed by atoms with Gasteiger partial charge in [-0.25, -0.2) is 0 Å². The van der Waals surface area contributed by atoms with Gasteiger partial charge in [-0.05, 0) is 32.1 Å². The molecular weight excluding hydrogens is 226 g/mol. The standard InChI is InChI=1S/C14H29N3O/c1-11(2)7-8-16-14(18)10-17-12(3)5-4-6-13(17)9-15/h11-13H,4-10,15H2,1-3H3,(H,16,18). The lowest BCUT2D eigenvalue weighted by atomic mass is 9.96. The Morgan fingerprint density at radius 2 is 2.17 bits per heavy atom. The van der Waals surface area contributed by atoms with Crippen LogP contribution in [0.15, 0.2) is 0 Å². The van der Waals surface area contributed by atoms with Gasteiger partial charge in [0.2, 0.25) is 5.91 Å². The number of nitrogens with one attached hydrogen (secondary N) is 1. The van der Waals surface area contributed by atoms with Gasteiger partial charge >= 0.3 is 0 Å². The van der Waals surface area contributed by atoms with Crippen LogP contribution in [0.4, 0.5) is 0 Å². The predicted octanol–water partition coefficient (Wildman–Crippen LogP) is 1.35. The van der Waals surface area contributed by atoms with E-state index in [1.165, 1.54) is 12.8 Å². The molecule has 1 saturated heterocycles. The third-order valence-electron chi connectivity index (χ3n) is 3.84. The van der Waals surface area contributed by atoms with E-state index in [-0.39, 0.29) is 5.91 Å². The monoisotopic (exact) mass is 255 g/mol. The highest BCUT2D eigenvalue weighted by atomic mass is 16.2. The van der Waals surface area contributed by atoms with E-state index in [9.17, 15) is 4.79 Å². The molecule has 4 nitrogen and oxygen atoms in total. The van der Waals surface area contributed by atoms with Gasteiger partial charge in [-0.1, -0.05) is 20.3 Å². The highest BCUT2D eigenvalue weighted by Gasteiger charge is 2.28. The third-order valence-corrected chi connectivity index (χ3v) is 3.84. The molecule has 0 spiro atoms. The van der Waals surface area contributed by atoms with Crippen molar-refractivity contribution < 1.29 is 4.79 Å². The normalized spacial score (nSPS) is 25.4. The van der Waals surface area contributed by atoms with Crippen LogP contribution in [-0.4, -0.2) is 42.5 Å². The summed E-state index contributed by atoms with van der Waals surface area (Å²) < 4.78 is 0. The second kappa shape index (κ2) is 7.74. The molecule has 1 fully saturated rings. The number of piperidine rings is 1. The first-order valence-electron chi connectivity index (χ1n) is 7.27. The van der Waals surface area contributed by atoms with Gasteiger partial charge in [0, 0.05) is 25.2 Å². The minimum atomic E-state index is 0.142. The SMILES string of the molecule is CC(C)CCNC(=O)CN1C(C)CCCC1CN. The first kappa shape index (κ1) is 15.4. The Morgan fingerprint density at radius 1 is 1.44 bits per heavy atom. The van der Waals surface area contributed by atoms with Crippen LogP contribution in [-0.2, 0) is 4.79 Å². The largest absolute Gasteiger partial charge is 0.355 e. The smallest absolute Gasteiger partial charge is 0.234 e. The molecule has 1 amide bonds. The fraction of sp³-hybridized carbons (Fsp3) is 0.929. The molecule has 18 heavy (non-hydrogen) atoms. The van der Waals surface area contributed by atoms with E-state index >= 15 is 0 Å². The number of hydrogen-bond acceptors (Lipinski definition) is 3. The zero-order chi connectivity index (χ0) is 13.5. The Hall–Kier alpha value is -0.610. The van der Waals surface area contributed by atoms with Crippen molar-refractivity contribution in [1.29, 1.82) is 0 Å². The molecule has 1 heterocycles. The summed E-state index contributed by atoms with van der Waals surface area (Å²) in [6.07, 6.45) is 4.58. The summed E-state index contributed by atoms with van der Waals surface area (Å²) in [6.45, 7) is 8.48. The molecule has 0 aromatic rings. The molecule has 2 unspecified atom stereocenters. The maximum absolute atomic E-state index is 11.9. The molecule has 0 aromatic heterocycles. The average molecular weight is 255 g/mol. The Labute approximate surface area is 111 Å². The molecule has 4 heteroatoms. The molecule has 1 aliphatic rings. The second-order valence-electron chi connectivity index (χ2n) is 5.87. The Morgan fingerprint density at radius 3 is 2.78 bits per heavy atom. The molecule has 1 rings (SSSR count). The van der Waals surface area contributed by atoms with Crippen molar-refractivity contribution in [2.75, 3.05) is 19.6 Å². The topological polar surface area (TPSA) is 58.4 Å². The van der Waals surface area contributed by atoms with E-state index in [2.05, 4.69) is 31.0 Å². The number of carbonyl (C=O) groups is 1. The van der Waals surface area contributed by atoms with Crippen LogP contribution in [0, 0.1) is 5.92 Å². The van der Waals surface area contributed by atoms with Gasteiger partial charge in [0.15, 0.2) is 0 Å². The zero-order valence-electron chi connectivity index (χ0n) is 12.1. The molecular formula is C14H29N3O. The molecule has 2 atom stereocenters. The lowest BCUT2D eigenvalue weighted by molar-refractivity contribution is -0.123. The van der Waals surface area contributed by atoms with Crippen LogP contribution in [0.2, 0.25) is 0 Å². The van der Waals surface area contributed by atoms with Crippen molar-refractivity contribution in [3.8, 4) is 0 Å². The van der Waals surface area contributed by atoms with Gasteiger partial charge in [-0.15, -0.1) is 0 Å². The van der Waals surface area contributed by atoms with Crippen molar-refractivity contribution in [1.82, 2.24) is 10.2 Å². The summed E-state index contributed by atoms with van der Waals surface area (Å²) in [5.74, 6) is 0.777. The molecule has 106 valence electrons. The average Bonchev–Trinajstić information content (AvgIpc) is 2.31. The van der Waals surface area contributed by atoms with E-state index in [0.717, 1.165) is 19.4 Å². The van der Waals surface area contributed by atoms with Gasteiger partial charge in [0.25, 0.3) is 0 Å². The number of likely N-dealkylation sites (tertiary alicyclic amines) is 1. The van der Waals surface area contributed by atoms with Crippen LogP contribution >= 0.6 is 0 Å². The van der Waals surface area contributed by atoms with Crippen molar-refractivity contribution in [3.05, 3.63) is 0 Å². The van der Waals surface area contributed by atoms with E-state index in [0.29, 0.717) is 31.1 Å². The number of nitrogens with zero attached hydrogens (tertiary/aromatic N) is 1. The first-order valence-corrected chi connectivity index (χ1v) is 7.27. The summed E-state index contributed by atoms with van der Waals surface area (Å²) in [5.41, 5.74) is 5.80. The Bertz CT molecular complexity index is 255. The van der Waals surface area contributed by atoms with E-state index < -0.39 is 0 Å². The third kappa shape index (κ3) is 4.94. The number of hydrogen-bond donors (Lipinski definition) is 2. The zero-order valence-corrected chi connectivity index (χ0v) is 12.1. The van der Waals surface area contributed by atoms with Gasteiger partial charge in [0.05, 0.1) is 6.54 Å². The number of rotatable bonds is 6. The van der Waals surface area contributed by atoms with Crippen LogP contribution in [0.3, 0.4) is 0 Å². The minimum Gasteiger partial charge on any atom is -0.355 e. The van der Waals surface area contributed by atoms with E-state index in [1.807, 2.05) is 0 Å². The Kier molecular flexibility index (Phi) is 6.65. The molecule has 0 radical (unpaired) electrons. The Balaban J connectivity index is 2.36. The fourth-order valence-electron chi connectivity index (χ4n) is 2.60. The second-order valence-corrected chi connectivity index (χ2v) is 5.87. The number of amides is 1. The minimum absolute atomic E-state index is 0.142. The lowest BCUT2D eigenvalue weighted by Gasteiger charge is -2.39. The van der Waals surface area contributed by atoms with Gasteiger partial charge < -0.3 is 11.1 Å². The summed E-state index contributed by atoms with van der Waals surface area (Å²) >= 11 is 0. The van der Waals surface area contributed by atoms with Gasteiger partial charge in [-0.2, -0.15) is 0 Å². The lowest BCUT2D eigenvalue weighted by Crippen LogP contribution is -2.52. The summed E-state index contributed by atoms with van der Waals surface area (Å²) in [4.78, 5) is 14.2. The van der Waals surface area contributed by atoms with E-state index in [4.69, 9.17) is 5.73 Å². The highest BCUT2D eigenvalue weighted by Crippen LogP contribution is 2.21. The highest BCUT2D eigenvalue weighted by molar-refractivity contribution is 5.78. The maximum atomic E-state index is 11.9. The maximum Gasteiger partial charge on any atom is 0.234 e. The molecule has 0 aromatic carbocycles. The van der Waals surface area contributed by atoms with Crippen molar-refractivity contribution in [3.63, 3.8) is 0 Å². The molecule has 0 aliphatic carbocycles.